The summed E-state index contributed by atoms with van der Waals surface area (Å²) in [6, 6.07) is 4.26. The number of rotatable bonds is 9. The van der Waals surface area contributed by atoms with Crippen molar-refractivity contribution in [3.63, 3.8) is 0 Å². The molecule has 1 aromatic heterocycles. The Morgan fingerprint density at radius 2 is 1.91 bits per heavy atom. The number of likely N-dealkylation sites (N-methyl/N-ethyl adjacent to an activating group) is 1. The van der Waals surface area contributed by atoms with Crippen LogP contribution in [0, 0.1) is 0 Å². The highest BCUT2D eigenvalue weighted by Crippen LogP contribution is 2.28. The maximum absolute atomic E-state index is 13.2. The standard InChI is InChI=1S/C22H32ClN5O4S/c1-5-26(6-2)9-10-27-15-19(12-24-27)25-22(29)18-7-8-20(23)21(11-18)33(30,31)28-13-16(3)32-17(4)14-28/h7-8,11-12,15-17H,5-6,9-10,13-14H2,1-4H3,(H,25,29). The molecular weight excluding hydrogens is 466 g/mol. The average molecular weight is 498 g/mol. The van der Waals surface area contributed by atoms with Gasteiger partial charge in [-0.2, -0.15) is 9.40 Å². The molecule has 1 aromatic carbocycles. The molecule has 0 aliphatic carbocycles. The number of carbonyl (C=O) groups excluding carboxylic acids is 1. The van der Waals surface area contributed by atoms with Crippen molar-refractivity contribution in [3.05, 3.63) is 41.2 Å². The summed E-state index contributed by atoms with van der Waals surface area (Å²) in [6.07, 6.45) is 2.87. The topological polar surface area (TPSA) is 96.8 Å². The van der Waals surface area contributed by atoms with E-state index in [-0.39, 0.29) is 40.8 Å². The van der Waals surface area contributed by atoms with E-state index in [2.05, 4.69) is 29.2 Å². The zero-order valence-corrected chi connectivity index (χ0v) is 21.1. The minimum absolute atomic E-state index is 0.0718. The van der Waals surface area contributed by atoms with Crippen molar-refractivity contribution >= 4 is 33.2 Å². The first-order chi connectivity index (χ1) is 15.6. The Balaban J connectivity index is 1.73. The third-order valence-corrected chi connectivity index (χ3v) is 7.94. The number of hydrogen-bond acceptors (Lipinski definition) is 6. The normalized spacial score (nSPS) is 19.7. The van der Waals surface area contributed by atoms with Crippen molar-refractivity contribution in [1.29, 1.82) is 0 Å². The molecule has 0 saturated carbocycles. The fourth-order valence-corrected chi connectivity index (χ4v) is 5.94. The van der Waals surface area contributed by atoms with Gasteiger partial charge in [-0.1, -0.05) is 25.4 Å². The van der Waals surface area contributed by atoms with Gasteiger partial charge in [0.15, 0.2) is 0 Å². The second-order valence-corrected chi connectivity index (χ2v) is 10.5. The second kappa shape index (κ2) is 11.0. The quantitative estimate of drug-likeness (QED) is 0.572. The monoisotopic (exact) mass is 497 g/mol. The summed E-state index contributed by atoms with van der Waals surface area (Å²) in [6.45, 7) is 11.8. The second-order valence-electron chi connectivity index (χ2n) is 8.20. The SMILES string of the molecule is CCN(CC)CCn1cc(NC(=O)c2ccc(Cl)c(S(=O)(=O)N3CC(C)OC(C)C3)c2)cn1. The van der Waals surface area contributed by atoms with Gasteiger partial charge in [0.25, 0.3) is 5.91 Å². The molecule has 2 unspecified atom stereocenters. The van der Waals surface area contributed by atoms with E-state index < -0.39 is 15.9 Å². The van der Waals surface area contributed by atoms with E-state index in [4.69, 9.17) is 16.3 Å². The number of morpholine rings is 1. The number of hydrogen-bond donors (Lipinski definition) is 1. The highest BCUT2D eigenvalue weighted by atomic mass is 35.5. The van der Waals surface area contributed by atoms with Crippen molar-refractivity contribution < 1.29 is 17.9 Å². The van der Waals surface area contributed by atoms with Gasteiger partial charge >= 0.3 is 0 Å². The lowest BCUT2D eigenvalue weighted by atomic mass is 10.2. The van der Waals surface area contributed by atoms with Crippen LogP contribution in [0.15, 0.2) is 35.5 Å². The Kier molecular flexibility index (Phi) is 8.52. The molecule has 0 spiro atoms. The van der Waals surface area contributed by atoms with Crippen LogP contribution in [0.5, 0.6) is 0 Å². The summed E-state index contributed by atoms with van der Waals surface area (Å²) in [5, 5.41) is 7.14. The molecule has 2 aromatic rings. The summed E-state index contributed by atoms with van der Waals surface area (Å²) in [4.78, 5) is 15.0. The van der Waals surface area contributed by atoms with E-state index in [1.807, 2.05) is 13.8 Å². The fourth-order valence-electron chi connectivity index (χ4n) is 3.85. The van der Waals surface area contributed by atoms with E-state index in [1.165, 1.54) is 22.5 Å². The van der Waals surface area contributed by atoms with Crippen molar-refractivity contribution in [1.82, 2.24) is 19.0 Å². The molecule has 3 rings (SSSR count). The van der Waals surface area contributed by atoms with Gasteiger partial charge in [-0.25, -0.2) is 8.42 Å². The number of ether oxygens (including phenoxy) is 1. The van der Waals surface area contributed by atoms with E-state index >= 15 is 0 Å². The molecule has 9 nitrogen and oxygen atoms in total. The highest BCUT2D eigenvalue weighted by Gasteiger charge is 2.33. The number of anilines is 1. The average Bonchev–Trinajstić information content (AvgIpc) is 3.21. The van der Waals surface area contributed by atoms with Crippen molar-refractivity contribution in [3.8, 4) is 0 Å². The van der Waals surface area contributed by atoms with E-state index in [0.29, 0.717) is 12.2 Å². The lowest BCUT2D eigenvalue weighted by Gasteiger charge is -2.34. The third kappa shape index (κ3) is 6.33. The molecule has 2 heterocycles. The summed E-state index contributed by atoms with van der Waals surface area (Å²) >= 11 is 6.24. The number of sulfonamides is 1. The first kappa shape index (κ1) is 25.6. The van der Waals surface area contributed by atoms with Gasteiger partial charge in [0, 0.05) is 31.4 Å². The summed E-state index contributed by atoms with van der Waals surface area (Å²) < 4.78 is 35.3. The molecule has 1 N–H and O–H groups in total. The predicted molar refractivity (Wildman–Crippen MR) is 128 cm³/mol. The Morgan fingerprint density at radius 3 is 2.55 bits per heavy atom. The Bertz CT molecular complexity index is 1060. The van der Waals surface area contributed by atoms with Gasteiger partial charge in [-0.05, 0) is 45.1 Å². The number of benzene rings is 1. The van der Waals surface area contributed by atoms with Crippen LogP contribution in [0.3, 0.4) is 0 Å². The maximum Gasteiger partial charge on any atom is 0.255 e. The van der Waals surface area contributed by atoms with E-state index in [0.717, 1.165) is 19.6 Å². The molecule has 11 heteroatoms. The first-order valence-electron chi connectivity index (χ1n) is 11.1. The lowest BCUT2D eigenvalue weighted by molar-refractivity contribution is -0.0440. The van der Waals surface area contributed by atoms with Crippen molar-refractivity contribution in [2.24, 2.45) is 0 Å². The lowest BCUT2D eigenvalue weighted by Crippen LogP contribution is -2.48. The summed E-state index contributed by atoms with van der Waals surface area (Å²) in [7, 11) is -3.88. The Morgan fingerprint density at radius 1 is 1.24 bits per heavy atom. The van der Waals surface area contributed by atoms with Gasteiger partial charge < -0.3 is 15.0 Å². The molecule has 0 bridgehead atoms. The van der Waals surface area contributed by atoms with Crippen LogP contribution in [0.4, 0.5) is 5.69 Å². The molecule has 1 aliphatic rings. The summed E-state index contributed by atoms with van der Waals surface area (Å²) in [5.74, 6) is -0.435. The zero-order valence-electron chi connectivity index (χ0n) is 19.5. The van der Waals surface area contributed by atoms with Crippen LogP contribution in [-0.2, 0) is 21.3 Å². The molecule has 182 valence electrons. The van der Waals surface area contributed by atoms with Gasteiger partial charge in [0.05, 0.1) is 35.7 Å². The van der Waals surface area contributed by atoms with Crippen LogP contribution in [0.25, 0.3) is 0 Å². The van der Waals surface area contributed by atoms with Gasteiger partial charge in [0.2, 0.25) is 10.0 Å². The molecule has 1 saturated heterocycles. The van der Waals surface area contributed by atoms with E-state index in [9.17, 15) is 13.2 Å². The first-order valence-corrected chi connectivity index (χ1v) is 13.0. The molecule has 1 aliphatic heterocycles. The zero-order chi connectivity index (χ0) is 24.2. The van der Waals surface area contributed by atoms with Crippen molar-refractivity contribution in [2.75, 3.05) is 38.0 Å². The largest absolute Gasteiger partial charge is 0.373 e. The van der Waals surface area contributed by atoms with Crippen LogP contribution in [0.1, 0.15) is 38.1 Å². The molecule has 1 fully saturated rings. The number of nitrogens with one attached hydrogen (secondary N) is 1. The van der Waals surface area contributed by atoms with Crippen LogP contribution in [0.2, 0.25) is 5.02 Å². The van der Waals surface area contributed by atoms with Crippen molar-refractivity contribution in [2.45, 2.75) is 51.3 Å². The molecular formula is C22H32ClN5O4S. The smallest absolute Gasteiger partial charge is 0.255 e. The Hall–Kier alpha value is -1.98. The van der Waals surface area contributed by atoms with Gasteiger partial charge in [-0.3, -0.25) is 9.48 Å². The van der Waals surface area contributed by atoms with E-state index in [1.54, 1.807) is 17.1 Å². The molecule has 33 heavy (non-hydrogen) atoms. The molecule has 2 atom stereocenters. The maximum atomic E-state index is 13.2. The Labute approximate surface area is 200 Å². The summed E-state index contributed by atoms with van der Waals surface area (Å²) in [5.41, 5.74) is 0.734. The van der Waals surface area contributed by atoms with Crippen LogP contribution in [-0.4, -0.2) is 78.2 Å². The van der Waals surface area contributed by atoms with Gasteiger partial charge in [0.1, 0.15) is 4.90 Å². The van der Waals surface area contributed by atoms with Crippen LogP contribution >= 0.6 is 11.6 Å². The minimum atomic E-state index is -3.88. The van der Waals surface area contributed by atoms with Crippen LogP contribution < -0.4 is 5.32 Å². The minimum Gasteiger partial charge on any atom is -0.373 e. The number of nitrogens with zero attached hydrogens (tertiary/aromatic N) is 4. The highest BCUT2D eigenvalue weighted by molar-refractivity contribution is 7.89. The molecule has 1 amide bonds. The molecule has 0 radical (unpaired) electrons. The fraction of sp³-hybridized carbons (Fsp3) is 0.545. The van der Waals surface area contributed by atoms with Gasteiger partial charge in [-0.15, -0.1) is 0 Å². The number of carbonyl (C=O) groups is 1. The predicted octanol–water partition coefficient (Wildman–Crippen LogP) is 2.93. The number of amides is 1. The third-order valence-electron chi connectivity index (χ3n) is 5.63. The number of aromatic nitrogens is 2. The number of halogens is 1.